The molecule has 0 radical (unpaired) electrons. The molecule has 2 atom stereocenters. The molecule has 1 N–H and O–H groups in total. The maximum absolute atomic E-state index is 13.3. The second-order valence-electron chi connectivity index (χ2n) is 5.30. The van der Waals surface area contributed by atoms with Crippen LogP contribution in [0.25, 0.3) is 10.9 Å². The van der Waals surface area contributed by atoms with Crippen molar-refractivity contribution in [3.63, 3.8) is 0 Å². The Bertz CT molecular complexity index is 544. The van der Waals surface area contributed by atoms with Crippen molar-refractivity contribution in [1.82, 2.24) is 9.88 Å². The molecule has 3 rings (SSSR count). The molecule has 2 nitrogen and oxygen atoms in total. The summed E-state index contributed by atoms with van der Waals surface area (Å²) in [7, 11) is 4.20. The van der Waals surface area contributed by atoms with Crippen molar-refractivity contribution in [3.05, 3.63) is 35.8 Å². The number of nitrogens with one attached hydrogen (secondary N) is 1. The highest BCUT2D eigenvalue weighted by atomic mass is 19.1. The van der Waals surface area contributed by atoms with E-state index in [1.54, 1.807) is 6.07 Å². The third kappa shape index (κ3) is 1.95. The fraction of sp³-hybridized carbons (Fsp3) is 0.429. The van der Waals surface area contributed by atoms with Crippen LogP contribution < -0.4 is 0 Å². The summed E-state index contributed by atoms with van der Waals surface area (Å²) in [4.78, 5) is 5.45. The predicted molar refractivity (Wildman–Crippen MR) is 67.7 cm³/mol. The van der Waals surface area contributed by atoms with E-state index < -0.39 is 0 Å². The van der Waals surface area contributed by atoms with E-state index in [9.17, 15) is 4.39 Å². The standard InChI is InChI=1S/C14H17FN2/c1-17(2)8-9-5-11(9)13-7-16-14-4-3-10(15)6-12(13)14/h3-4,6-7,9,11,16H,5,8H2,1-2H3/t9-,11+/m1/s1. The van der Waals surface area contributed by atoms with Crippen molar-refractivity contribution in [2.75, 3.05) is 20.6 Å². The number of aromatic nitrogens is 1. The monoisotopic (exact) mass is 232 g/mol. The van der Waals surface area contributed by atoms with E-state index >= 15 is 0 Å². The maximum Gasteiger partial charge on any atom is 0.123 e. The summed E-state index contributed by atoms with van der Waals surface area (Å²) in [6.45, 7) is 1.12. The average molecular weight is 232 g/mol. The Hall–Kier alpha value is -1.35. The van der Waals surface area contributed by atoms with Gasteiger partial charge in [0.15, 0.2) is 0 Å². The zero-order valence-corrected chi connectivity index (χ0v) is 10.2. The molecule has 1 heterocycles. The van der Waals surface area contributed by atoms with Crippen LogP contribution in [0.3, 0.4) is 0 Å². The van der Waals surface area contributed by atoms with Gasteiger partial charge in [0.25, 0.3) is 0 Å². The maximum atomic E-state index is 13.3. The van der Waals surface area contributed by atoms with E-state index in [1.165, 1.54) is 18.1 Å². The van der Waals surface area contributed by atoms with Crippen LogP contribution >= 0.6 is 0 Å². The molecule has 1 aliphatic rings. The number of rotatable bonds is 3. The van der Waals surface area contributed by atoms with Gasteiger partial charge in [-0.2, -0.15) is 0 Å². The van der Waals surface area contributed by atoms with Gasteiger partial charge in [-0.3, -0.25) is 0 Å². The summed E-state index contributed by atoms with van der Waals surface area (Å²) in [5.74, 6) is 1.18. The molecule has 1 aliphatic carbocycles. The molecular weight excluding hydrogens is 215 g/mol. The highest BCUT2D eigenvalue weighted by molar-refractivity contribution is 5.84. The lowest BCUT2D eigenvalue weighted by Gasteiger charge is -2.08. The van der Waals surface area contributed by atoms with E-state index in [1.807, 2.05) is 12.3 Å². The third-order valence-corrected chi connectivity index (χ3v) is 3.60. The van der Waals surface area contributed by atoms with Crippen LogP contribution in [0.4, 0.5) is 4.39 Å². The van der Waals surface area contributed by atoms with Gasteiger partial charge >= 0.3 is 0 Å². The first-order valence-electron chi connectivity index (χ1n) is 6.06. The van der Waals surface area contributed by atoms with Crippen LogP contribution in [-0.2, 0) is 0 Å². The molecule has 0 bridgehead atoms. The molecule has 0 unspecified atom stereocenters. The van der Waals surface area contributed by atoms with Gasteiger partial charge in [0.2, 0.25) is 0 Å². The molecule has 1 saturated carbocycles. The molecule has 1 fully saturated rings. The molecule has 0 aliphatic heterocycles. The van der Waals surface area contributed by atoms with Crippen molar-refractivity contribution in [3.8, 4) is 0 Å². The Kier molecular flexibility index (Phi) is 2.44. The number of nitrogens with zero attached hydrogens (tertiary/aromatic N) is 1. The Morgan fingerprint density at radius 3 is 3.00 bits per heavy atom. The second kappa shape index (κ2) is 3.84. The van der Waals surface area contributed by atoms with E-state index in [0.717, 1.165) is 23.4 Å². The van der Waals surface area contributed by atoms with Gasteiger partial charge in [0.05, 0.1) is 0 Å². The van der Waals surface area contributed by atoms with E-state index in [2.05, 4.69) is 24.0 Å². The summed E-state index contributed by atoms with van der Waals surface area (Å²) in [6.07, 6.45) is 3.27. The quantitative estimate of drug-likeness (QED) is 0.862. The van der Waals surface area contributed by atoms with E-state index in [-0.39, 0.29) is 5.82 Å². The molecule has 17 heavy (non-hydrogen) atoms. The van der Waals surface area contributed by atoms with Crippen LogP contribution in [0, 0.1) is 11.7 Å². The molecule has 1 aromatic heterocycles. The van der Waals surface area contributed by atoms with Gasteiger partial charge < -0.3 is 9.88 Å². The number of aromatic amines is 1. The summed E-state index contributed by atoms with van der Waals surface area (Å²) >= 11 is 0. The normalized spacial score (nSPS) is 23.5. The van der Waals surface area contributed by atoms with Crippen LogP contribution in [0.15, 0.2) is 24.4 Å². The molecule has 0 spiro atoms. The van der Waals surface area contributed by atoms with Crippen LogP contribution in [-0.4, -0.2) is 30.5 Å². The number of halogens is 1. The molecule has 1 aromatic carbocycles. The number of H-pyrrole nitrogens is 1. The summed E-state index contributed by atoms with van der Waals surface area (Å²) in [5.41, 5.74) is 2.32. The Morgan fingerprint density at radius 2 is 2.24 bits per heavy atom. The van der Waals surface area contributed by atoms with Crippen LogP contribution in [0.5, 0.6) is 0 Å². The Morgan fingerprint density at radius 1 is 1.41 bits per heavy atom. The van der Waals surface area contributed by atoms with Crippen molar-refractivity contribution >= 4 is 10.9 Å². The molecule has 90 valence electrons. The van der Waals surface area contributed by atoms with Gasteiger partial charge in [-0.15, -0.1) is 0 Å². The smallest absolute Gasteiger partial charge is 0.123 e. The van der Waals surface area contributed by atoms with E-state index in [4.69, 9.17) is 0 Å². The molecule has 0 saturated heterocycles. The van der Waals surface area contributed by atoms with Crippen LogP contribution in [0.2, 0.25) is 0 Å². The second-order valence-corrected chi connectivity index (χ2v) is 5.30. The SMILES string of the molecule is CN(C)C[C@H]1C[C@@H]1c1c[nH]c2ccc(F)cc12. The van der Waals surface area contributed by atoms with Crippen molar-refractivity contribution in [2.45, 2.75) is 12.3 Å². The lowest BCUT2D eigenvalue weighted by atomic mass is 10.1. The largest absolute Gasteiger partial charge is 0.361 e. The number of benzene rings is 1. The lowest BCUT2D eigenvalue weighted by molar-refractivity contribution is 0.385. The fourth-order valence-corrected chi connectivity index (χ4v) is 2.72. The van der Waals surface area contributed by atoms with Gasteiger partial charge in [-0.05, 0) is 56.1 Å². The Labute approximate surface area is 100 Å². The molecule has 3 heteroatoms. The van der Waals surface area contributed by atoms with Gasteiger partial charge in [0, 0.05) is 23.6 Å². The first kappa shape index (κ1) is 10.8. The fourth-order valence-electron chi connectivity index (χ4n) is 2.72. The van der Waals surface area contributed by atoms with Crippen LogP contribution in [0.1, 0.15) is 17.9 Å². The first-order valence-corrected chi connectivity index (χ1v) is 6.06. The lowest BCUT2D eigenvalue weighted by Crippen LogP contribution is -2.15. The van der Waals surface area contributed by atoms with Gasteiger partial charge in [-0.25, -0.2) is 4.39 Å². The average Bonchev–Trinajstić information content (AvgIpc) is 2.88. The summed E-state index contributed by atoms with van der Waals surface area (Å²) < 4.78 is 13.3. The first-order chi connectivity index (χ1) is 8.15. The van der Waals surface area contributed by atoms with Crippen molar-refractivity contribution in [1.29, 1.82) is 0 Å². The van der Waals surface area contributed by atoms with Crippen molar-refractivity contribution in [2.24, 2.45) is 5.92 Å². The number of hydrogen-bond acceptors (Lipinski definition) is 1. The minimum Gasteiger partial charge on any atom is -0.361 e. The number of hydrogen-bond donors (Lipinski definition) is 1. The zero-order valence-electron chi connectivity index (χ0n) is 10.2. The zero-order chi connectivity index (χ0) is 12.0. The van der Waals surface area contributed by atoms with Crippen molar-refractivity contribution < 1.29 is 4.39 Å². The molecule has 2 aromatic rings. The minimum absolute atomic E-state index is 0.150. The molecular formula is C14H17FN2. The van der Waals surface area contributed by atoms with Gasteiger partial charge in [0.1, 0.15) is 5.82 Å². The third-order valence-electron chi connectivity index (χ3n) is 3.60. The molecule has 0 amide bonds. The topological polar surface area (TPSA) is 19.0 Å². The number of fused-ring (bicyclic) bond motifs is 1. The summed E-state index contributed by atoms with van der Waals surface area (Å²) in [5, 5.41) is 1.05. The summed E-state index contributed by atoms with van der Waals surface area (Å²) in [6, 6.07) is 4.97. The highest BCUT2D eigenvalue weighted by Crippen LogP contribution is 2.49. The predicted octanol–water partition coefficient (Wildman–Crippen LogP) is 2.97. The van der Waals surface area contributed by atoms with E-state index in [0.29, 0.717) is 5.92 Å². The van der Waals surface area contributed by atoms with Gasteiger partial charge in [-0.1, -0.05) is 0 Å². The minimum atomic E-state index is -0.150. The highest BCUT2D eigenvalue weighted by Gasteiger charge is 2.39. The Balaban J connectivity index is 1.89.